The van der Waals surface area contributed by atoms with Gasteiger partial charge in [-0.25, -0.2) is 0 Å². The van der Waals surface area contributed by atoms with E-state index in [9.17, 15) is 9.90 Å². The van der Waals surface area contributed by atoms with Crippen LogP contribution in [0.4, 0.5) is 5.69 Å². The molecule has 0 radical (unpaired) electrons. The lowest BCUT2D eigenvalue weighted by atomic mass is 10.1. The molecule has 0 saturated heterocycles. The SMILES string of the molecule is Cc1cc(O)c(NC(=O)COc2ccc(Cl)cc2Cl)cc1C. The lowest BCUT2D eigenvalue weighted by Crippen LogP contribution is -2.20. The van der Waals surface area contributed by atoms with Crippen molar-refractivity contribution in [1.29, 1.82) is 0 Å². The lowest BCUT2D eigenvalue weighted by molar-refractivity contribution is -0.118. The van der Waals surface area contributed by atoms with Crippen molar-refractivity contribution < 1.29 is 14.6 Å². The van der Waals surface area contributed by atoms with E-state index in [1.54, 1.807) is 24.3 Å². The highest BCUT2D eigenvalue weighted by Crippen LogP contribution is 2.28. The van der Waals surface area contributed by atoms with Gasteiger partial charge in [0.05, 0.1) is 10.7 Å². The molecule has 0 spiro atoms. The van der Waals surface area contributed by atoms with E-state index in [0.29, 0.717) is 21.5 Å². The number of ether oxygens (including phenoxy) is 1. The van der Waals surface area contributed by atoms with Gasteiger partial charge in [0.15, 0.2) is 6.61 Å². The van der Waals surface area contributed by atoms with Crippen molar-refractivity contribution in [2.75, 3.05) is 11.9 Å². The Bertz CT molecular complexity index is 717. The molecule has 0 aromatic heterocycles. The Morgan fingerprint density at radius 2 is 1.86 bits per heavy atom. The second kappa shape index (κ2) is 6.90. The molecular weight excluding hydrogens is 325 g/mol. The molecule has 2 rings (SSSR count). The number of phenolic OH excluding ortho intramolecular Hbond substituents is 1. The smallest absolute Gasteiger partial charge is 0.262 e. The van der Waals surface area contributed by atoms with Gasteiger partial charge in [0, 0.05) is 5.02 Å². The summed E-state index contributed by atoms with van der Waals surface area (Å²) in [6, 6.07) is 8.05. The second-order valence-corrected chi connectivity index (χ2v) is 5.71. The van der Waals surface area contributed by atoms with E-state index < -0.39 is 5.91 Å². The number of phenols is 1. The summed E-state index contributed by atoms with van der Waals surface area (Å²) in [5.41, 5.74) is 2.26. The molecule has 1 amide bonds. The van der Waals surface area contributed by atoms with E-state index in [0.717, 1.165) is 11.1 Å². The first kappa shape index (κ1) is 16.5. The molecule has 2 aromatic rings. The fourth-order valence-electron chi connectivity index (χ4n) is 1.82. The zero-order valence-corrected chi connectivity index (χ0v) is 13.6. The van der Waals surface area contributed by atoms with Gasteiger partial charge >= 0.3 is 0 Å². The van der Waals surface area contributed by atoms with Crippen LogP contribution in [0.15, 0.2) is 30.3 Å². The van der Waals surface area contributed by atoms with Gasteiger partial charge in [-0.2, -0.15) is 0 Å². The van der Waals surface area contributed by atoms with Gasteiger partial charge < -0.3 is 15.2 Å². The Hall–Kier alpha value is -1.91. The highest BCUT2D eigenvalue weighted by Gasteiger charge is 2.10. The van der Waals surface area contributed by atoms with Gasteiger partial charge in [-0.1, -0.05) is 23.2 Å². The zero-order chi connectivity index (χ0) is 16.3. The van der Waals surface area contributed by atoms with Crippen LogP contribution in [-0.2, 0) is 4.79 Å². The van der Waals surface area contributed by atoms with Gasteiger partial charge in [-0.05, 0) is 55.3 Å². The first-order valence-corrected chi connectivity index (χ1v) is 7.30. The molecule has 2 N–H and O–H groups in total. The molecule has 22 heavy (non-hydrogen) atoms. The molecule has 4 nitrogen and oxygen atoms in total. The molecule has 0 aliphatic heterocycles. The summed E-state index contributed by atoms with van der Waals surface area (Å²) in [7, 11) is 0. The largest absolute Gasteiger partial charge is 0.506 e. The predicted molar refractivity (Wildman–Crippen MR) is 88.2 cm³/mol. The number of benzene rings is 2. The minimum atomic E-state index is -0.399. The monoisotopic (exact) mass is 339 g/mol. The minimum Gasteiger partial charge on any atom is -0.506 e. The molecule has 6 heteroatoms. The maximum atomic E-state index is 11.9. The van der Waals surface area contributed by atoms with E-state index in [2.05, 4.69) is 5.32 Å². The first-order valence-electron chi connectivity index (χ1n) is 6.54. The molecule has 0 heterocycles. The topological polar surface area (TPSA) is 58.6 Å². The van der Waals surface area contributed by atoms with Gasteiger partial charge in [0.1, 0.15) is 11.5 Å². The Morgan fingerprint density at radius 3 is 2.55 bits per heavy atom. The summed E-state index contributed by atoms with van der Waals surface area (Å²) in [5, 5.41) is 13.2. The third kappa shape index (κ3) is 4.06. The molecule has 0 aliphatic rings. The van der Waals surface area contributed by atoms with E-state index in [1.165, 1.54) is 6.07 Å². The van der Waals surface area contributed by atoms with Gasteiger partial charge in [-0.3, -0.25) is 4.79 Å². The third-order valence-electron chi connectivity index (χ3n) is 3.14. The number of aryl methyl sites for hydroxylation is 2. The van der Waals surface area contributed by atoms with Crippen LogP contribution < -0.4 is 10.1 Å². The van der Waals surface area contributed by atoms with Crippen molar-refractivity contribution >= 4 is 34.8 Å². The number of hydrogen-bond acceptors (Lipinski definition) is 3. The number of halogens is 2. The quantitative estimate of drug-likeness (QED) is 0.815. The molecule has 116 valence electrons. The number of hydrogen-bond donors (Lipinski definition) is 2. The maximum absolute atomic E-state index is 11.9. The average molecular weight is 340 g/mol. The number of rotatable bonds is 4. The fourth-order valence-corrected chi connectivity index (χ4v) is 2.29. The predicted octanol–water partition coefficient (Wildman–Crippen LogP) is 4.33. The Kier molecular flexibility index (Phi) is 5.16. The molecule has 0 fully saturated rings. The van der Waals surface area contributed by atoms with Gasteiger partial charge in [0.2, 0.25) is 0 Å². The van der Waals surface area contributed by atoms with Gasteiger partial charge in [-0.15, -0.1) is 0 Å². The van der Waals surface area contributed by atoms with Crippen LogP contribution in [0.2, 0.25) is 10.0 Å². The van der Waals surface area contributed by atoms with Crippen molar-refractivity contribution in [3.05, 3.63) is 51.5 Å². The first-order chi connectivity index (χ1) is 10.4. The van der Waals surface area contributed by atoms with Gasteiger partial charge in [0.25, 0.3) is 5.91 Å². The van der Waals surface area contributed by atoms with E-state index in [-0.39, 0.29) is 12.4 Å². The number of carbonyl (C=O) groups excluding carboxylic acids is 1. The highest BCUT2D eigenvalue weighted by molar-refractivity contribution is 6.35. The minimum absolute atomic E-state index is 0.0148. The summed E-state index contributed by atoms with van der Waals surface area (Å²) in [5.74, 6) is -0.0175. The van der Waals surface area contributed by atoms with Crippen molar-refractivity contribution in [1.82, 2.24) is 0 Å². The van der Waals surface area contributed by atoms with Crippen LogP contribution in [0.3, 0.4) is 0 Å². The number of nitrogens with one attached hydrogen (secondary N) is 1. The average Bonchev–Trinajstić information content (AvgIpc) is 2.44. The van der Waals surface area contributed by atoms with Crippen molar-refractivity contribution in [2.45, 2.75) is 13.8 Å². The summed E-state index contributed by atoms with van der Waals surface area (Å²) in [6.45, 7) is 3.55. The van der Waals surface area contributed by atoms with Crippen LogP contribution in [0.25, 0.3) is 0 Å². The van der Waals surface area contributed by atoms with Crippen LogP contribution >= 0.6 is 23.2 Å². The number of amides is 1. The second-order valence-electron chi connectivity index (χ2n) is 4.87. The number of anilines is 1. The Balaban J connectivity index is 2.00. The van der Waals surface area contributed by atoms with Crippen molar-refractivity contribution in [3.63, 3.8) is 0 Å². The molecule has 2 aromatic carbocycles. The summed E-state index contributed by atoms with van der Waals surface area (Å²) in [4.78, 5) is 11.9. The van der Waals surface area contributed by atoms with E-state index in [4.69, 9.17) is 27.9 Å². The number of aromatic hydroxyl groups is 1. The zero-order valence-electron chi connectivity index (χ0n) is 12.1. The van der Waals surface area contributed by atoms with Crippen LogP contribution in [0.1, 0.15) is 11.1 Å². The molecule has 0 atom stereocenters. The summed E-state index contributed by atoms with van der Waals surface area (Å²) in [6.07, 6.45) is 0. The molecule has 0 aliphatic carbocycles. The van der Waals surface area contributed by atoms with E-state index in [1.807, 2.05) is 13.8 Å². The maximum Gasteiger partial charge on any atom is 0.262 e. The Labute approximate surface area is 138 Å². The molecule has 0 saturated carbocycles. The molecule has 0 bridgehead atoms. The molecular formula is C16H15Cl2NO3. The Morgan fingerprint density at radius 1 is 1.18 bits per heavy atom. The lowest BCUT2D eigenvalue weighted by Gasteiger charge is -2.11. The van der Waals surface area contributed by atoms with Crippen LogP contribution in [0, 0.1) is 13.8 Å². The summed E-state index contributed by atoms with van der Waals surface area (Å²) >= 11 is 11.7. The highest BCUT2D eigenvalue weighted by atomic mass is 35.5. The van der Waals surface area contributed by atoms with E-state index >= 15 is 0 Å². The van der Waals surface area contributed by atoms with Crippen LogP contribution in [-0.4, -0.2) is 17.6 Å². The molecule has 0 unspecified atom stereocenters. The van der Waals surface area contributed by atoms with Crippen molar-refractivity contribution in [2.24, 2.45) is 0 Å². The van der Waals surface area contributed by atoms with Crippen molar-refractivity contribution in [3.8, 4) is 11.5 Å². The normalized spacial score (nSPS) is 10.4. The van der Waals surface area contributed by atoms with Crippen LogP contribution in [0.5, 0.6) is 11.5 Å². The third-order valence-corrected chi connectivity index (χ3v) is 3.67. The standard InChI is InChI=1S/C16H15Cl2NO3/c1-9-5-13(14(20)6-10(9)2)19-16(21)8-22-15-4-3-11(17)7-12(15)18/h3-7,20H,8H2,1-2H3,(H,19,21). The summed E-state index contributed by atoms with van der Waals surface area (Å²) < 4.78 is 5.34. The fraction of sp³-hybridized carbons (Fsp3) is 0.188. The number of carbonyl (C=O) groups is 1.